The van der Waals surface area contributed by atoms with Gasteiger partial charge in [-0.1, -0.05) is 217 Å². The number of carbonyl (C=O) groups is 3. The fourth-order valence-electron chi connectivity index (χ4n) is 8.57. The smallest absolute Gasteiger partial charge is 0.306 e. The first-order valence-corrected chi connectivity index (χ1v) is 28.5. The van der Waals surface area contributed by atoms with Crippen molar-refractivity contribution in [3.63, 3.8) is 0 Å². The third-order valence-electron chi connectivity index (χ3n) is 13.0. The van der Waals surface area contributed by atoms with E-state index < -0.39 is 18.1 Å². The van der Waals surface area contributed by atoms with Gasteiger partial charge in [0.05, 0.1) is 40.3 Å². The molecule has 8 nitrogen and oxygen atoms in total. The fraction of sp³-hybridized carbons (Fsp3) is 0.847. The molecule has 0 aromatic rings. The Morgan fingerprint density at radius 1 is 0.448 bits per heavy atom. The molecule has 2 atom stereocenters. The third-order valence-corrected chi connectivity index (χ3v) is 13.0. The molecule has 0 fully saturated rings. The third kappa shape index (κ3) is 48.4. The van der Waals surface area contributed by atoms with Gasteiger partial charge in [0, 0.05) is 19.3 Å². The molecule has 0 heterocycles. The lowest BCUT2D eigenvalue weighted by Gasteiger charge is -2.34. The number of esters is 2. The van der Waals surface area contributed by atoms with Crippen LogP contribution in [-0.2, 0) is 28.6 Å². The van der Waals surface area contributed by atoms with E-state index in [4.69, 9.17) is 14.2 Å². The van der Waals surface area contributed by atoms with Crippen molar-refractivity contribution in [2.45, 2.75) is 283 Å². The van der Waals surface area contributed by atoms with Crippen molar-refractivity contribution in [3.8, 4) is 0 Å². The normalized spacial score (nSPS) is 13.0. The van der Waals surface area contributed by atoms with Crippen LogP contribution in [-0.4, -0.2) is 75.5 Å². The zero-order chi connectivity index (χ0) is 49.2. The predicted molar refractivity (Wildman–Crippen MR) is 282 cm³/mol. The number of hydrogen-bond donors (Lipinski definition) is 0. The Labute approximate surface area is 414 Å². The van der Waals surface area contributed by atoms with Crippen molar-refractivity contribution in [1.29, 1.82) is 0 Å². The molecule has 392 valence electrons. The topological polar surface area (TPSA) is 102 Å². The second-order valence-corrected chi connectivity index (χ2v) is 20.5. The van der Waals surface area contributed by atoms with Gasteiger partial charge in [0.15, 0.2) is 6.10 Å². The highest BCUT2D eigenvalue weighted by molar-refractivity contribution is 5.70. The van der Waals surface area contributed by atoms with Crippen molar-refractivity contribution in [3.05, 3.63) is 36.5 Å². The van der Waals surface area contributed by atoms with Crippen molar-refractivity contribution in [2.75, 3.05) is 41.0 Å². The molecule has 8 heteroatoms. The second-order valence-electron chi connectivity index (χ2n) is 20.5. The van der Waals surface area contributed by atoms with E-state index >= 15 is 0 Å². The molecular formula is C59H109NO7. The summed E-state index contributed by atoms with van der Waals surface area (Å²) in [6, 6.07) is -0.728. The highest BCUT2D eigenvalue weighted by Crippen LogP contribution is 2.16. The number of likely N-dealkylation sites (N-methyl/N-ethyl adjacent to an activating group) is 1. The number of allylic oxidation sites excluding steroid dienone is 6. The molecule has 0 saturated heterocycles. The van der Waals surface area contributed by atoms with Gasteiger partial charge < -0.3 is 28.6 Å². The van der Waals surface area contributed by atoms with E-state index in [0.29, 0.717) is 12.8 Å². The molecule has 0 N–H and O–H groups in total. The highest BCUT2D eigenvalue weighted by Gasteiger charge is 2.25. The summed E-state index contributed by atoms with van der Waals surface area (Å²) in [6.07, 6.45) is 60.4. The van der Waals surface area contributed by atoms with E-state index in [2.05, 4.69) is 50.3 Å². The van der Waals surface area contributed by atoms with Crippen LogP contribution in [0.4, 0.5) is 0 Å². The lowest BCUT2D eigenvalue weighted by Crippen LogP contribution is -2.55. The van der Waals surface area contributed by atoms with Crippen LogP contribution < -0.4 is 5.11 Å². The minimum atomic E-state index is -1.12. The average molecular weight is 945 g/mol. The van der Waals surface area contributed by atoms with Crippen LogP contribution in [0.3, 0.4) is 0 Å². The Kier molecular flexibility index (Phi) is 48.1. The number of hydrogen-bond acceptors (Lipinski definition) is 7. The van der Waals surface area contributed by atoms with Gasteiger partial charge in [0.1, 0.15) is 12.6 Å². The fourth-order valence-corrected chi connectivity index (χ4v) is 8.57. The van der Waals surface area contributed by atoms with Crippen LogP contribution in [0.1, 0.15) is 271 Å². The second kappa shape index (κ2) is 50.0. The Morgan fingerprint density at radius 3 is 1.16 bits per heavy atom. The van der Waals surface area contributed by atoms with Crippen LogP contribution in [0.25, 0.3) is 0 Å². The number of carbonyl (C=O) groups excluding carboxylic acids is 3. The summed E-state index contributed by atoms with van der Waals surface area (Å²) in [5.41, 5.74) is 0. The highest BCUT2D eigenvalue weighted by atomic mass is 16.6. The van der Waals surface area contributed by atoms with Crippen LogP contribution in [0.2, 0.25) is 0 Å². The largest absolute Gasteiger partial charge is 0.544 e. The first-order valence-electron chi connectivity index (χ1n) is 28.5. The van der Waals surface area contributed by atoms with Gasteiger partial charge in [0.2, 0.25) is 0 Å². The Morgan fingerprint density at radius 2 is 0.791 bits per heavy atom. The maximum absolute atomic E-state index is 12.8. The molecule has 67 heavy (non-hydrogen) atoms. The first-order chi connectivity index (χ1) is 32.6. The van der Waals surface area contributed by atoms with Crippen molar-refractivity contribution < 1.29 is 38.2 Å². The summed E-state index contributed by atoms with van der Waals surface area (Å²) < 4.78 is 17.3. The SMILES string of the molecule is CCCCCCCCCC/C=C/C/C=C/CCCCCCCCCC(=O)OC(COCCC(C(=O)[O-])[N+](C)(C)C)COC(=O)CCCCCCCCC/C=C/CCCCCCCCCCCC. The molecule has 0 radical (unpaired) electrons. The zero-order valence-corrected chi connectivity index (χ0v) is 44.8. The molecule has 0 saturated carbocycles. The monoisotopic (exact) mass is 944 g/mol. The number of quaternary nitrogens is 1. The summed E-state index contributed by atoms with van der Waals surface area (Å²) >= 11 is 0. The summed E-state index contributed by atoms with van der Waals surface area (Å²) in [6.45, 7) is 4.69. The lowest BCUT2D eigenvalue weighted by molar-refractivity contribution is -0.889. The van der Waals surface area contributed by atoms with Crippen molar-refractivity contribution >= 4 is 17.9 Å². The lowest BCUT2D eigenvalue weighted by atomic mass is 10.1. The molecule has 0 aliphatic heterocycles. The Hall–Kier alpha value is -2.45. The number of rotatable bonds is 52. The van der Waals surface area contributed by atoms with Crippen LogP contribution in [0.5, 0.6) is 0 Å². The number of nitrogens with zero attached hydrogens (tertiary/aromatic N) is 1. The van der Waals surface area contributed by atoms with E-state index in [1.54, 1.807) is 0 Å². The van der Waals surface area contributed by atoms with Crippen molar-refractivity contribution in [1.82, 2.24) is 0 Å². The molecule has 0 spiro atoms. The summed E-state index contributed by atoms with van der Waals surface area (Å²) in [5, 5.41) is 11.7. The van der Waals surface area contributed by atoms with E-state index in [0.717, 1.165) is 51.4 Å². The quantitative estimate of drug-likeness (QED) is 0.0259. The number of aliphatic carboxylic acids is 1. The van der Waals surface area contributed by atoms with Gasteiger partial charge in [-0.05, 0) is 70.6 Å². The maximum atomic E-state index is 12.8. The zero-order valence-electron chi connectivity index (χ0n) is 44.8. The van der Waals surface area contributed by atoms with Gasteiger partial charge in [-0.25, -0.2) is 0 Å². The van der Waals surface area contributed by atoms with Gasteiger partial charge >= 0.3 is 11.9 Å². The average Bonchev–Trinajstić information content (AvgIpc) is 3.29. The molecule has 0 aromatic heterocycles. The number of unbranched alkanes of at least 4 members (excludes halogenated alkanes) is 32. The van der Waals surface area contributed by atoms with Gasteiger partial charge in [0.25, 0.3) is 0 Å². The minimum absolute atomic E-state index is 0.0380. The van der Waals surface area contributed by atoms with Crippen LogP contribution in [0.15, 0.2) is 36.5 Å². The summed E-state index contributed by atoms with van der Waals surface area (Å²) in [7, 11) is 5.42. The molecule has 0 aliphatic carbocycles. The molecule has 0 aromatic carbocycles. The van der Waals surface area contributed by atoms with Crippen LogP contribution in [0, 0.1) is 0 Å². The van der Waals surface area contributed by atoms with Gasteiger partial charge in [-0.15, -0.1) is 0 Å². The number of ether oxygens (including phenoxy) is 3. The summed E-state index contributed by atoms with van der Waals surface area (Å²) in [4.78, 5) is 37.1. The standard InChI is InChI=1S/C59H109NO7/c1-6-8-10-12-14-16-18-20-22-24-26-28-30-32-34-36-38-40-42-44-46-48-50-58(62)67-55(53-65-52-51-56(59(63)64)60(3,4)5)54-66-57(61)49-47-45-43-41-39-37-35-33-31-29-27-25-23-21-19-17-15-13-11-9-7-2/h24,26,29-32,55-56H,6-23,25,27-28,33-54H2,1-5H3/b26-24+,31-29+,32-30+. The van der Waals surface area contributed by atoms with E-state index in [9.17, 15) is 19.5 Å². The van der Waals surface area contributed by atoms with Gasteiger partial charge in [-0.3, -0.25) is 9.59 Å². The maximum Gasteiger partial charge on any atom is 0.306 e. The molecule has 0 aliphatic rings. The Balaban J connectivity index is 4.20. The van der Waals surface area contributed by atoms with E-state index in [1.807, 2.05) is 21.1 Å². The Bertz CT molecular complexity index is 1190. The number of carboxylic acids is 1. The van der Waals surface area contributed by atoms with E-state index in [1.165, 1.54) is 186 Å². The summed E-state index contributed by atoms with van der Waals surface area (Å²) in [5.74, 6) is -1.74. The number of carboxylic acid groups (broad SMARTS) is 1. The van der Waals surface area contributed by atoms with Crippen LogP contribution >= 0.6 is 0 Å². The molecule has 0 amide bonds. The molecule has 0 bridgehead atoms. The molecule has 0 rings (SSSR count). The molecule has 2 unspecified atom stereocenters. The van der Waals surface area contributed by atoms with E-state index in [-0.39, 0.29) is 42.7 Å². The first kappa shape index (κ1) is 64.5. The predicted octanol–water partition coefficient (Wildman–Crippen LogP) is 15.6. The minimum Gasteiger partial charge on any atom is -0.544 e. The molecular weight excluding hydrogens is 835 g/mol. The van der Waals surface area contributed by atoms with Crippen molar-refractivity contribution in [2.24, 2.45) is 0 Å². The van der Waals surface area contributed by atoms with Gasteiger partial charge in [-0.2, -0.15) is 0 Å².